The summed E-state index contributed by atoms with van der Waals surface area (Å²) in [4.78, 5) is 82.2. The average molecular weight is 1170 g/mol. The summed E-state index contributed by atoms with van der Waals surface area (Å²) >= 11 is 1.49. The van der Waals surface area contributed by atoms with Gasteiger partial charge < -0.3 is 60.1 Å². The number of nitrogen functional groups attached to an aromatic ring is 1. The number of fused-ring (bicyclic) bond motifs is 5. The van der Waals surface area contributed by atoms with Crippen LogP contribution in [0.5, 0.6) is 5.75 Å². The Hall–Kier alpha value is -6.92. The molecule has 2 aromatic heterocycles. The van der Waals surface area contributed by atoms with Crippen LogP contribution in [0.25, 0.3) is 11.1 Å². The number of benzene rings is 2. The van der Waals surface area contributed by atoms with Crippen molar-refractivity contribution in [2.24, 2.45) is 10.9 Å². The Balaban J connectivity index is 0.686. The maximum atomic E-state index is 14.5. The second-order valence-electron chi connectivity index (χ2n) is 20.8. The van der Waals surface area contributed by atoms with Gasteiger partial charge >= 0.3 is 0 Å². The van der Waals surface area contributed by atoms with Crippen molar-refractivity contribution in [3.63, 3.8) is 0 Å². The zero-order valence-corrected chi connectivity index (χ0v) is 48.2. The van der Waals surface area contributed by atoms with Crippen molar-refractivity contribution in [2.75, 3.05) is 111 Å². The van der Waals surface area contributed by atoms with Crippen LogP contribution in [0.2, 0.25) is 0 Å². The molecule has 2 bridgehead atoms. The highest BCUT2D eigenvalue weighted by atomic mass is 32.2. The molecular formula is C58H74F2N12O10S. The molecule has 0 aliphatic carbocycles. The Labute approximate surface area is 486 Å². The number of nitriles is 1. The standard InChI is InChI=1S/C58H74F2N12O10S/c1-36(63-3)55(75)67-52(58(77)71-17-5-6-47(71)56-66-46(35-83-56)53(74)39-7-9-41(59)10-8-39)38-13-18-70(19-14-38)21-23-79-25-27-81-29-28-80-26-24-78-22-15-50(73)64-16-20-72-48-34-69(4)57(76)43-12-11-42(60)31-44(43)37(2)82-49-30-40(33-65-54(49)62)51(48)45(32-61)68-72/h7-12,30-31,33,36-38,46-47,52,63H,5-6,13-29,34-35H2,1-4H3,(H2,62,65)(H,64,73)(H,67,75)/t36-,37+,46?,47-,52-/m0/s1. The van der Waals surface area contributed by atoms with Crippen LogP contribution in [0.3, 0.4) is 0 Å². The number of pyridine rings is 1. The Morgan fingerprint density at radius 1 is 0.916 bits per heavy atom. The van der Waals surface area contributed by atoms with Crippen LogP contribution < -0.4 is 26.4 Å². The fourth-order valence-electron chi connectivity index (χ4n) is 10.5. The molecule has 22 nitrogen and oxygen atoms in total. The van der Waals surface area contributed by atoms with Crippen LogP contribution in [0.1, 0.15) is 89.7 Å². The number of ketones is 1. The number of nitrogens with one attached hydrogen (secondary N) is 3. The predicted octanol–water partition coefficient (Wildman–Crippen LogP) is 4.17. The molecule has 4 amide bonds. The highest BCUT2D eigenvalue weighted by Crippen LogP contribution is 2.37. The van der Waals surface area contributed by atoms with E-state index in [0.29, 0.717) is 86.4 Å². The fourth-order valence-corrected chi connectivity index (χ4v) is 11.7. The zero-order valence-electron chi connectivity index (χ0n) is 47.4. The third kappa shape index (κ3) is 16.3. The summed E-state index contributed by atoms with van der Waals surface area (Å²) in [5.41, 5.74) is 8.66. The van der Waals surface area contributed by atoms with E-state index in [0.717, 1.165) is 43.8 Å². The number of aromatic nitrogens is 3. The molecule has 2 aromatic carbocycles. The third-order valence-electron chi connectivity index (χ3n) is 15.3. The molecule has 83 heavy (non-hydrogen) atoms. The topological polar surface area (TPSA) is 270 Å². The molecule has 2 saturated heterocycles. The normalized spacial score (nSPS) is 19.1. The molecule has 4 aromatic rings. The summed E-state index contributed by atoms with van der Waals surface area (Å²) in [7, 11) is 3.31. The van der Waals surface area contributed by atoms with E-state index in [1.165, 1.54) is 65.3 Å². The number of likely N-dealkylation sites (N-methyl/N-ethyl adjacent to an activating group) is 1. The van der Waals surface area contributed by atoms with Gasteiger partial charge in [0.05, 0.1) is 88.8 Å². The zero-order chi connectivity index (χ0) is 59.0. The van der Waals surface area contributed by atoms with Crippen LogP contribution in [0, 0.1) is 28.9 Å². The monoisotopic (exact) mass is 1170 g/mol. The number of anilines is 1. The number of amides is 4. The van der Waals surface area contributed by atoms with Gasteiger partial charge in [0.15, 0.2) is 23.0 Å². The van der Waals surface area contributed by atoms with Crippen LogP contribution in [-0.2, 0) is 46.4 Å². The van der Waals surface area contributed by atoms with E-state index < -0.39 is 41.8 Å². The summed E-state index contributed by atoms with van der Waals surface area (Å²) < 4.78 is 58.4. The van der Waals surface area contributed by atoms with Crippen molar-refractivity contribution in [3.8, 4) is 22.9 Å². The molecule has 1 unspecified atom stereocenters. The van der Waals surface area contributed by atoms with Crippen molar-refractivity contribution >= 4 is 52.0 Å². The number of Topliss-reactive ketones (excluding diaryl/α,β-unsaturated/α-hetero) is 1. The lowest BCUT2D eigenvalue weighted by atomic mass is 9.88. The van der Waals surface area contributed by atoms with Gasteiger partial charge in [0, 0.05) is 72.9 Å². The third-order valence-corrected chi connectivity index (χ3v) is 16.4. The van der Waals surface area contributed by atoms with Gasteiger partial charge in [-0.3, -0.25) is 33.6 Å². The Bertz CT molecular complexity index is 2990. The van der Waals surface area contributed by atoms with Crippen molar-refractivity contribution in [1.82, 2.24) is 45.4 Å². The first kappa shape index (κ1) is 62.1. The second-order valence-corrected chi connectivity index (χ2v) is 21.9. The molecule has 2 fully saturated rings. The molecular weight excluding hydrogens is 1090 g/mol. The maximum Gasteiger partial charge on any atom is 0.254 e. The van der Waals surface area contributed by atoms with E-state index in [1.54, 1.807) is 38.7 Å². The van der Waals surface area contributed by atoms with E-state index >= 15 is 0 Å². The second kappa shape index (κ2) is 30.1. The summed E-state index contributed by atoms with van der Waals surface area (Å²) in [5.74, 6) is -1.48. The molecule has 0 saturated carbocycles. The minimum absolute atomic E-state index is 0.0231. The molecule has 5 N–H and O–H groups in total. The largest absolute Gasteiger partial charge is 0.482 e. The SMILES string of the molecule is CN[C@@H](C)C(=O)N[C@H](C(=O)N1CCC[C@H]1C1=NC(C(=O)c2ccc(F)cc2)CS1)C1CCN(CCOCCOCCOCCOCCC(=O)NCCn2nc(C#N)c3c2CN(C)C(=O)c2ccc(F)cc2[C@@H](C)Oc2cc-3cnc2N)CC1. The first-order valence-electron chi connectivity index (χ1n) is 28.2. The van der Waals surface area contributed by atoms with Gasteiger partial charge in [0.2, 0.25) is 17.7 Å². The number of thioether (sulfide) groups is 1. The number of piperidine rings is 1. The van der Waals surface area contributed by atoms with E-state index in [1.807, 2.05) is 4.90 Å². The quantitative estimate of drug-likeness (QED) is 0.0508. The smallest absolute Gasteiger partial charge is 0.254 e. The molecule has 5 atom stereocenters. The van der Waals surface area contributed by atoms with Crippen LogP contribution in [0.4, 0.5) is 14.6 Å². The molecule has 0 radical (unpaired) electrons. The number of hydrogen-bond donors (Lipinski definition) is 4. The van der Waals surface area contributed by atoms with Gasteiger partial charge in [0.25, 0.3) is 5.91 Å². The van der Waals surface area contributed by atoms with Gasteiger partial charge in [-0.1, -0.05) is 0 Å². The first-order chi connectivity index (χ1) is 40.1. The van der Waals surface area contributed by atoms with Crippen molar-refractivity contribution in [1.29, 1.82) is 5.26 Å². The Morgan fingerprint density at radius 2 is 1.60 bits per heavy atom. The van der Waals surface area contributed by atoms with Crippen LogP contribution in [0.15, 0.2) is 59.7 Å². The van der Waals surface area contributed by atoms with E-state index in [4.69, 9.17) is 34.4 Å². The first-order valence-corrected chi connectivity index (χ1v) is 29.2. The van der Waals surface area contributed by atoms with Crippen molar-refractivity contribution in [3.05, 3.63) is 94.4 Å². The number of rotatable bonds is 26. The predicted molar refractivity (Wildman–Crippen MR) is 305 cm³/mol. The van der Waals surface area contributed by atoms with E-state index in [2.05, 4.69) is 37.0 Å². The number of nitrogens with zero attached hydrogens (tertiary/aromatic N) is 8. The lowest BCUT2D eigenvalue weighted by Crippen LogP contribution is -2.58. The number of aliphatic imine (C=N–C) groups is 1. The average Bonchev–Trinajstić information content (AvgIpc) is 4.45. The summed E-state index contributed by atoms with van der Waals surface area (Å²) in [6.45, 7) is 9.35. The number of nitrogens with two attached hydrogens (primary N) is 1. The van der Waals surface area contributed by atoms with E-state index in [9.17, 15) is 38.0 Å². The van der Waals surface area contributed by atoms with Crippen LogP contribution >= 0.6 is 11.8 Å². The highest BCUT2D eigenvalue weighted by molar-refractivity contribution is 8.14. The molecule has 4 aliphatic heterocycles. The molecule has 0 spiro atoms. The molecule has 25 heteroatoms. The highest BCUT2D eigenvalue weighted by Gasteiger charge is 2.43. The summed E-state index contributed by atoms with van der Waals surface area (Å²) in [6, 6.07) is 11.1. The number of carbonyl (C=O) groups is 5. The Kier molecular flexibility index (Phi) is 22.5. The van der Waals surface area contributed by atoms with Gasteiger partial charge in [-0.05, 0) is 114 Å². The van der Waals surface area contributed by atoms with Crippen molar-refractivity contribution < 1.29 is 56.4 Å². The molecule has 6 heterocycles. The van der Waals surface area contributed by atoms with Gasteiger partial charge in [-0.2, -0.15) is 10.4 Å². The minimum atomic E-state index is -0.770. The van der Waals surface area contributed by atoms with Gasteiger partial charge in [0.1, 0.15) is 35.9 Å². The maximum absolute atomic E-state index is 14.5. The number of ether oxygens (including phenoxy) is 5. The molecule has 4 aliphatic rings. The Morgan fingerprint density at radius 3 is 2.30 bits per heavy atom. The van der Waals surface area contributed by atoms with Crippen LogP contribution in [-0.4, -0.2) is 194 Å². The fraction of sp³-hybridized carbons (Fsp3) is 0.534. The summed E-state index contributed by atoms with van der Waals surface area (Å²) in [6.07, 6.45) is 3.77. The summed E-state index contributed by atoms with van der Waals surface area (Å²) in [5, 5.41) is 24.4. The van der Waals surface area contributed by atoms with E-state index in [-0.39, 0.29) is 97.6 Å². The lowest BCUT2D eigenvalue weighted by Gasteiger charge is -2.38. The lowest BCUT2D eigenvalue weighted by molar-refractivity contribution is -0.138. The number of carbonyl (C=O) groups excluding carboxylic acids is 5. The van der Waals surface area contributed by atoms with Crippen molar-refractivity contribution in [2.45, 2.75) is 89.3 Å². The number of likely N-dealkylation sites (tertiary alicyclic amines) is 2. The minimum Gasteiger partial charge on any atom is -0.482 e. The number of halogens is 2. The molecule has 8 rings (SSSR count). The van der Waals surface area contributed by atoms with Gasteiger partial charge in [-0.15, -0.1) is 11.8 Å². The number of hydrogen-bond acceptors (Lipinski definition) is 18. The van der Waals surface area contributed by atoms with Gasteiger partial charge in [-0.25, -0.2) is 13.8 Å². The molecule has 446 valence electrons.